The van der Waals surface area contributed by atoms with Crippen molar-refractivity contribution in [1.82, 2.24) is 29.1 Å². The number of para-hydroxylation sites is 2. The van der Waals surface area contributed by atoms with Gasteiger partial charge in [0.2, 0.25) is 0 Å². The number of fused-ring (bicyclic) bond motifs is 6. The van der Waals surface area contributed by atoms with Crippen LogP contribution in [0.3, 0.4) is 0 Å². The number of hydrogen-bond acceptors (Lipinski definition) is 4. The van der Waals surface area contributed by atoms with Gasteiger partial charge in [-0.05, 0) is 113 Å². The minimum absolute atomic E-state index is 0.807. The first-order valence-corrected chi connectivity index (χ1v) is 18.7. The van der Waals surface area contributed by atoms with Crippen molar-refractivity contribution in [3.05, 3.63) is 195 Å². The fourth-order valence-electron chi connectivity index (χ4n) is 8.08. The van der Waals surface area contributed by atoms with Gasteiger partial charge < -0.3 is 4.57 Å². The van der Waals surface area contributed by atoms with Gasteiger partial charge in [0.25, 0.3) is 0 Å². The van der Waals surface area contributed by atoms with Crippen LogP contribution in [0.2, 0.25) is 0 Å². The molecular weight excluding hydrogens is 685 g/mol. The van der Waals surface area contributed by atoms with Gasteiger partial charge in [-0.25, -0.2) is 9.97 Å². The largest absolute Gasteiger partial charge is 0.309 e. The van der Waals surface area contributed by atoms with E-state index in [1.807, 2.05) is 48.7 Å². The highest BCUT2D eigenvalue weighted by Gasteiger charge is 2.17. The monoisotopic (exact) mass is 716 g/mol. The first-order chi connectivity index (χ1) is 27.8. The molecule has 56 heavy (non-hydrogen) atoms. The smallest absolute Gasteiger partial charge is 0.145 e. The molecule has 6 heterocycles. The van der Waals surface area contributed by atoms with Crippen molar-refractivity contribution in [3.63, 3.8) is 0 Å². The van der Waals surface area contributed by atoms with Gasteiger partial charge in [-0.2, -0.15) is 0 Å². The van der Waals surface area contributed by atoms with Crippen LogP contribution in [0.5, 0.6) is 0 Å². The van der Waals surface area contributed by atoms with Gasteiger partial charge in [-0.15, -0.1) is 0 Å². The molecule has 6 heteroatoms. The Bertz CT molecular complexity index is 3160. The zero-order chi connectivity index (χ0) is 37.0. The Labute approximate surface area is 322 Å². The van der Waals surface area contributed by atoms with E-state index in [-0.39, 0.29) is 0 Å². The molecule has 0 saturated heterocycles. The van der Waals surface area contributed by atoms with Crippen molar-refractivity contribution in [3.8, 4) is 56.4 Å². The lowest BCUT2D eigenvalue weighted by molar-refractivity contribution is 1.14. The van der Waals surface area contributed by atoms with Crippen LogP contribution in [-0.4, -0.2) is 29.1 Å². The maximum Gasteiger partial charge on any atom is 0.145 e. The standard InChI is InChI=1S/C50H32N6/c1-2-11-37(12-3-1)56-49-32-35(21-25-41(49)42-14-10-28-53-50(42)56)34-20-24-40-39-13-4-5-17-47(39)55(48(40)31-34)38-22-18-33(19-23-38)36-29-45(43-15-6-8-26-51-43)54-46(30-36)44-16-7-9-27-52-44/h1-32H. The summed E-state index contributed by atoms with van der Waals surface area (Å²) in [4.78, 5) is 19.0. The van der Waals surface area contributed by atoms with E-state index < -0.39 is 0 Å². The number of rotatable bonds is 6. The molecule has 0 spiro atoms. The van der Waals surface area contributed by atoms with Crippen LogP contribution in [0.15, 0.2) is 195 Å². The zero-order valence-electron chi connectivity index (χ0n) is 30.2. The molecule has 0 aliphatic heterocycles. The van der Waals surface area contributed by atoms with E-state index in [4.69, 9.17) is 9.97 Å². The molecule has 0 N–H and O–H groups in total. The molecule has 11 aromatic rings. The highest BCUT2D eigenvalue weighted by molar-refractivity contribution is 6.11. The minimum atomic E-state index is 0.807. The summed E-state index contributed by atoms with van der Waals surface area (Å²) in [5.41, 5.74) is 14.3. The van der Waals surface area contributed by atoms with E-state index in [2.05, 4.69) is 153 Å². The molecule has 0 atom stereocenters. The van der Waals surface area contributed by atoms with Gasteiger partial charge in [-0.1, -0.05) is 84.9 Å². The Morgan fingerprint density at radius 2 is 0.839 bits per heavy atom. The molecule has 5 aromatic carbocycles. The lowest BCUT2D eigenvalue weighted by Gasteiger charge is -2.12. The highest BCUT2D eigenvalue weighted by atomic mass is 15.0. The summed E-state index contributed by atoms with van der Waals surface area (Å²) in [5.74, 6) is 0. The van der Waals surface area contributed by atoms with Gasteiger partial charge in [0.15, 0.2) is 0 Å². The SMILES string of the molecule is c1ccc(-n2c3cc(-c4ccc5c6ccccc6n(-c6ccc(-c7cc(-c8ccccn8)nc(-c8ccccn8)c7)cc6)c5c4)ccc3c3cccnc32)cc1. The first kappa shape index (κ1) is 31.8. The minimum Gasteiger partial charge on any atom is -0.309 e. The van der Waals surface area contributed by atoms with E-state index in [1.165, 1.54) is 16.2 Å². The maximum atomic E-state index is 4.97. The van der Waals surface area contributed by atoms with Crippen LogP contribution < -0.4 is 0 Å². The van der Waals surface area contributed by atoms with Crippen LogP contribution >= 0.6 is 0 Å². The van der Waals surface area contributed by atoms with Gasteiger partial charge in [0.05, 0.1) is 39.3 Å². The van der Waals surface area contributed by atoms with Crippen molar-refractivity contribution in [1.29, 1.82) is 0 Å². The Balaban J connectivity index is 1.04. The summed E-state index contributed by atoms with van der Waals surface area (Å²) in [6.07, 6.45) is 5.48. The topological polar surface area (TPSA) is 61.4 Å². The Kier molecular flexibility index (Phi) is 7.38. The molecular formula is C50H32N6. The number of aromatic nitrogens is 6. The highest BCUT2D eigenvalue weighted by Crippen LogP contribution is 2.38. The zero-order valence-corrected chi connectivity index (χ0v) is 30.2. The molecule has 0 aliphatic rings. The molecule has 0 aliphatic carbocycles. The summed E-state index contributed by atoms with van der Waals surface area (Å²) in [7, 11) is 0. The van der Waals surface area contributed by atoms with Crippen LogP contribution in [0.25, 0.3) is 100 Å². The molecule has 0 unspecified atom stereocenters. The number of nitrogens with zero attached hydrogens (tertiary/aromatic N) is 6. The van der Waals surface area contributed by atoms with Crippen molar-refractivity contribution in [2.45, 2.75) is 0 Å². The van der Waals surface area contributed by atoms with Gasteiger partial charge in [-0.3, -0.25) is 14.5 Å². The Hall–Kier alpha value is -7.70. The lowest BCUT2D eigenvalue weighted by atomic mass is 10.0. The molecule has 6 nitrogen and oxygen atoms in total. The van der Waals surface area contributed by atoms with Crippen LogP contribution in [0, 0.1) is 0 Å². The quantitative estimate of drug-likeness (QED) is 0.172. The van der Waals surface area contributed by atoms with Gasteiger partial charge in [0, 0.05) is 51.5 Å². The Morgan fingerprint density at radius 3 is 1.52 bits per heavy atom. The third-order valence-electron chi connectivity index (χ3n) is 10.7. The molecule has 0 bridgehead atoms. The summed E-state index contributed by atoms with van der Waals surface area (Å²) in [6, 6.07) is 61.8. The van der Waals surface area contributed by atoms with Crippen molar-refractivity contribution in [2.24, 2.45) is 0 Å². The first-order valence-electron chi connectivity index (χ1n) is 18.7. The number of pyridine rings is 4. The number of benzene rings is 5. The van der Waals surface area contributed by atoms with Crippen LogP contribution in [0.4, 0.5) is 0 Å². The maximum absolute atomic E-state index is 4.97. The average molecular weight is 717 g/mol. The van der Waals surface area contributed by atoms with E-state index >= 15 is 0 Å². The van der Waals surface area contributed by atoms with E-state index in [0.29, 0.717) is 0 Å². The second-order valence-corrected chi connectivity index (χ2v) is 14.0. The molecule has 0 saturated carbocycles. The summed E-state index contributed by atoms with van der Waals surface area (Å²) in [5, 5.41) is 4.76. The Morgan fingerprint density at radius 1 is 0.304 bits per heavy atom. The third-order valence-corrected chi connectivity index (χ3v) is 10.7. The predicted octanol–water partition coefficient (Wildman–Crippen LogP) is 12.1. The van der Waals surface area contributed by atoms with Crippen LogP contribution in [-0.2, 0) is 0 Å². The molecule has 0 radical (unpaired) electrons. The van der Waals surface area contributed by atoms with E-state index in [1.54, 1.807) is 12.4 Å². The summed E-state index contributed by atoms with van der Waals surface area (Å²) >= 11 is 0. The lowest BCUT2D eigenvalue weighted by Crippen LogP contribution is -1.96. The molecule has 11 rings (SSSR count). The average Bonchev–Trinajstić information content (AvgIpc) is 3.79. The normalized spacial score (nSPS) is 11.6. The van der Waals surface area contributed by atoms with E-state index in [0.717, 1.165) is 84.0 Å². The van der Waals surface area contributed by atoms with Crippen molar-refractivity contribution >= 4 is 43.7 Å². The van der Waals surface area contributed by atoms with E-state index in [9.17, 15) is 0 Å². The predicted molar refractivity (Wildman–Crippen MR) is 228 cm³/mol. The molecule has 6 aromatic heterocycles. The van der Waals surface area contributed by atoms with Gasteiger partial charge in [0.1, 0.15) is 5.65 Å². The second kappa shape index (κ2) is 13.0. The van der Waals surface area contributed by atoms with Crippen LogP contribution in [0.1, 0.15) is 0 Å². The van der Waals surface area contributed by atoms with Crippen molar-refractivity contribution < 1.29 is 0 Å². The number of hydrogen-bond donors (Lipinski definition) is 0. The van der Waals surface area contributed by atoms with Gasteiger partial charge >= 0.3 is 0 Å². The van der Waals surface area contributed by atoms with Crippen molar-refractivity contribution in [2.75, 3.05) is 0 Å². The summed E-state index contributed by atoms with van der Waals surface area (Å²) in [6.45, 7) is 0. The fraction of sp³-hybridized carbons (Fsp3) is 0. The molecule has 0 amide bonds. The second-order valence-electron chi connectivity index (χ2n) is 14.0. The third kappa shape index (κ3) is 5.27. The fourth-order valence-corrected chi connectivity index (χ4v) is 8.08. The molecule has 262 valence electrons. The molecule has 0 fully saturated rings. The summed E-state index contributed by atoms with van der Waals surface area (Å²) < 4.78 is 4.65.